The number of ether oxygens (including phenoxy) is 1. The van der Waals surface area contributed by atoms with Gasteiger partial charge in [0.1, 0.15) is 11.6 Å². The topological polar surface area (TPSA) is 76.8 Å². The van der Waals surface area contributed by atoms with Crippen molar-refractivity contribution in [2.75, 3.05) is 7.11 Å². The molecule has 0 aliphatic heterocycles. The largest absolute Gasteiger partial charge is 0.497 e. The van der Waals surface area contributed by atoms with Crippen LogP contribution in [-0.4, -0.2) is 22.3 Å². The van der Waals surface area contributed by atoms with Gasteiger partial charge in [0.2, 0.25) is 0 Å². The fourth-order valence-corrected chi connectivity index (χ4v) is 1.74. The highest BCUT2D eigenvalue weighted by atomic mass is 16.5. The molecule has 0 aliphatic carbocycles. The lowest BCUT2D eigenvalue weighted by Gasteiger charge is -2.13. The van der Waals surface area contributed by atoms with E-state index < -0.39 is 0 Å². The predicted molar refractivity (Wildman–Crippen MR) is 74.1 cm³/mol. The second kappa shape index (κ2) is 5.01. The van der Waals surface area contributed by atoms with Crippen molar-refractivity contribution < 1.29 is 4.74 Å². The lowest BCUT2D eigenvalue weighted by Crippen LogP contribution is -2.16. The molecular formula is C14H20N4O. The summed E-state index contributed by atoms with van der Waals surface area (Å²) in [5, 5.41) is 7.15. The molecule has 1 atom stereocenters. The fraction of sp³-hybridized carbons (Fsp3) is 0.429. The van der Waals surface area contributed by atoms with Gasteiger partial charge in [-0.3, -0.25) is 5.10 Å². The van der Waals surface area contributed by atoms with Crippen LogP contribution in [0.3, 0.4) is 0 Å². The van der Waals surface area contributed by atoms with Crippen molar-refractivity contribution in [3.63, 3.8) is 0 Å². The van der Waals surface area contributed by atoms with E-state index in [1.54, 1.807) is 7.11 Å². The summed E-state index contributed by atoms with van der Waals surface area (Å²) in [7, 11) is 1.64. The Morgan fingerprint density at radius 2 is 2.05 bits per heavy atom. The number of H-pyrrole nitrogens is 1. The number of rotatable bonds is 3. The van der Waals surface area contributed by atoms with Gasteiger partial charge in [-0.1, -0.05) is 32.9 Å². The molecule has 5 heteroatoms. The van der Waals surface area contributed by atoms with E-state index in [1.165, 1.54) is 0 Å². The molecule has 102 valence electrons. The number of nitrogens with two attached hydrogens (primary N) is 1. The van der Waals surface area contributed by atoms with E-state index >= 15 is 0 Å². The maximum Gasteiger partial charge on any atom is 0.156 e. The molecule has 5 nitrogen and oxygen atoms in total. The summed E-state index contributed by atoms with van der Waals surface area (Å²) < 4.78 is 5.20. The Morgan fingerprint density at radius 1 is 1.32 bits per heavy atom. The van der Waals surface area contributed by atoms with Crippen LogP contribution in [0.5, 0.6) is 5.75 Å². The first-order valence-electron chi connectivity index (χ1n) is 6.24. The average Bonchev–Trinajstić information content (AvgIpc) is 2.87. The summed E-state index contributed by atoms with van der Waals surface area (Å²) in [6.07, 6.45) is 0. The van der Waals surface area contributed by atoms with E-state index in [0.29, 0.717) is 5.82 Å². The third-order valence-electron chi connectivity index (χ3n) is 2.92. The molecule has 0 fully saturated rings. The number of benzene rings is 1. The molecule has 0 saturated carbocycles. The summed E-state index contributed by atoms with van der Waals surface area (Å²) in [6.45, 7) is 6.20. The summed E-state index contributed by atoms with van der Waals surface area (Å²) in [5.74, 6) is 2.21. The molecule has 0 radical (unpaired) electrons. The molecule has 0 bridgehead atoms. The van der Waals surface area contributed by atoms with Crippen LogP contribution in [0.25, 0.3) is 0 Å². The molecule has 1 aromatic heterocycles. The minimum absolute atomic E-state index is 0.0944. The molecule has 0 unspecified atom stereocenters. The van der Waals surface area contributed by atoms with Gasteiger partial charge in [0.25, 0.3) is 0 Å². The molecule has 0 aliphatic rings. The smallest absolute Gasteiger partial charge is 0.156 e. The predicted octanol–water partition coefficient (Wildman–Crippen LogP) is 2.16. The van der Waals surface area contributed by atoms with E-state index in [9.17, 15) is 0 Å². The van der Waals surface area contributed by atoms with Crippen LogP contribution < -0.4 is 10.5 Å². The number of hydrogen-bond acceptors (Lipinski definition) is 4. The maximum atomic E-state index is 6.21. The van der Waals surface area contributed by atoms with Crippen LogP contribution >= 0.6 is 0 Å². The monoisotopic (exact) mass is 260 g/mol. The highest BCUT2D eigenvalue weighted by Gasteiger charge is 2.22. The minimum atomic E-state index is -0.335. The van der Waals surface area contributed by atoms with Gasteiger partial charge in [0, 0.05) is 5.41 Å². The molecule has 0 amide bonds. The Kier molecular flexibility index (Phi) is 3.57. The van der Waals surface area contributed by atoms with Crippen LogP contribution in [0.2, 0.25) is 0 Å². The van der Waals surface area contributed by atoms with Crippen LogP contribution in [0.15, 0.2) is 24.3 Å². The third-order valence-corrected chi connectivity index (χ3v) is 2.92. The van der Waals surface area contributed by atoms with Gasteiger partial charge in [0.05, 0.1) is 13.2 Å². The van der Waals surface area contributed by atoms with Crippen LogP contribution in [0, 0.1) is 0 Å². The van der Waals surface area contributed by atoms with Crippen molar-refractivity contribution in [1.29, 1.82) is 0 Å². The van der Waals surface area contributed by atoms with Gasteiger partial charge in [0.15, 0.2) is 5.82 Å². The molecule has 2 aromatic rings. The minimum Gasteiger partial charge on any atom is -0.497 e. The van der Waals surface area contributed by atoms with Gasteiger partial charge in [-0.15, -0.1) is 0 Å². The van der Waals surface area contributed by atoms with Crippen molar-refractivity contribution in [1.82, 2.24) is 15.2 Å². The zero-order valence-electron chi connectivity index (χ0n) is 11.8. The highest BCUT2D eigenvalue weighted by Crippen LogP contribution is 2.23. The molecule has 1 heterocycles. The van der Waals surface area contributed by atoms with Gasteiger partial charge in [-0.05, 0) is 17.7 Å². The first-order chi connectivity index (χ1) is 8.91. The van der Waals surface area contributed by atoms with Crippen molar-refractivity contribution in [2.24, 2.45) is 5.73 Å². The van der Waals surface area contributed by atoms with E-state index in [0.717, 1.165) is 17.1 Å². The number of hydrogen-bond donors (Lipinski definition) is 2. The second-order valence-electron chi connectivity index (χ2n) is 5.55. The molecule has 0 spiro atoms. The first kappa shape index (κ1) is 13.5. The van der Waals surface area contributed by atoms with Crippen molar-refractivity contribution >= 4 is 0 Å². The maximum absolute atomic E-state index is 6.21. The lowest BCUT2D eigenvalue weighted by atomic mass is 9.96. The van der Waals surface area contributed by atoms with Gasteiger partial charge >= 0.3 is 0 Å². The summed E-state index contributed by atoms with van der Waals surface area (Å²) in [5.41, 5.74) is 7.05. The lowest BCUT2D eigenvalue weighted by molar-refractivity contribution is 0.414. The van der Waals surface area contributed by atoms with Gasteiger partial charge in [-0.2, -0.15) is 5.10 Å². The van der Waals surface area contributed by atoms with E-state index in [-0.39, 0.29) is 11.5 Å². The average molecular weight is 260 g/mol. The summed E-state index contributed by atoms with van der Waals surface area (Å²) in [6, 6.07) is 7.32. The van der Waals surface area contributed by atoms with E-state index in [1.807, 2.05) is 24.3 Å². The fourth-order valence-electron chi connectivity index (χ4n) is 1.74. The first-order valence-corrected chi connectivity index (χ1v) is 6.24. The van der Waals surface area contributed by atoms with Crippen LogP contribution in [0.4, 0.5) is 0 Å². The van der Waals surface area contributed by atoms with Crippen LogP contribution in [0.1, 0.15) is 44.0 Å². The molecule has 2 rings (SSSR count). The standard InChI is InChI=1S/C14H20N4O/c1-14(2,3)13-16-12(17-18-13)11(15)9-6-5-7-10(8-9)19-4/h5-8,11H,15H2,1-4H3,(H,16,17,18)/t11-/m1/s1. The van der Waals surface area contributed by atoms with Crippen molar-refractivity contribution in [3.8, 4) is 5.75 Å². The number of nitrogens with zero attached hydrogens (tertiary/aromatic N) is 2. The highest BCUT2D eigenvalue weighted by molar-refractivity contribution is 5.33. The third kappa shape index (κ3) is 2.93. The second-order valence-corrected chi connectivity index (χ2v) is 5.55. The Morgan fingerprint density at radius 3 is 2.63 bits per heavy atom. The van der Waals surface area contributed by atoms with Gasteiger partial charge in [-0.25, -0.2) is 4.98 Å². The summed E-state index contributed by atoms with van der Waals surface area (Å²) >= 11 is 0. The SMILES string of the molecule is COc1cccc([C@@H](N)c2nc(C(C)(C)C)n[nH]2)c1. The van der Waals surface area contributed by atoms with E-state index in [4.69, 9.17) is 10.5 Å². The zero-order chi connectivity index (χ0) is 14.0. The molecule has 1 aromatic carbocycles. The zero-order valence-corrected chi connectivity index (χ0v) is 11.8. The molecule has 3 N–H and O–H groups in total. The van der Waals surface area contributed by atoms with Crippen molar-refractivity contribution in [2.45, 2.75) is 32.2 Å². The Labute approximate surface area is 113 Å². The Balaban J connectivity index is 2.28. The molecular weight excluding hydrogens is 240 g/mol. The van der Waals surface area contributed by atoms with Gasteiger partial charge < -0.3 is 10.5 Å². The molecule has 19 heavy (non-hydrogen) atoms. The number of nitrogens with one attached hydrogen (secondary N) is 1. The normalized spacial score (nSPS) is 13.3. The quantitative estimate of drug-likeness (QED) is 0.886. The number of methoxy groups -OCH3 is 1. The number of aromatic nitrogens is 3. The Bertz CT molecular complexity index is 557. The van der Waals surface area contributed by atoms with E-state index in [2.05, 4.69) is 36.0 Å². The van der Waals surface area contributed by atoms with Crippen LogP contribution in [-0.2, 0) is 5.41 Å². The molecule has 0 saturated heterocycles. The van der Waals surface area contributed by atoms with Crippen molar-refractivity contribution in [3.05, 3.63) is 41.5 Å². The number of aromatic amines is 1. The summed E-state index contributed by atoms with van der Waals surface area (Å²) in [4.78, 5) is 4.48. The Hall–Kier alpha value is -1.88.